The summed E-state index contributed by atoms with van der Waals surface area (Å²) in [5.74, 6) is 0.389. The van der Waals surface area contributed by atoms with Crippen LogP contribution in [0.3, 0.4) is 0 Å². The van der Waals surface area contributed by atoms with Crippen molar-refractivity contribution in [2.75, 3.05) is 0 Å². The van der Waals surface area contributed by atoms with Crippen molar-refractivity contribution in [3.63, 3.8) is 0 Å². The Morgan fingerprint density at radius 2 is 1.73 bits per heavy atom. The lowest BCUT2D eigenvalue weighted by molar-refractivity contribution is -0.141. The van der Waals surface area contributed by atoms with Crippen LogP contribution in [0.15, 0.2) is 52.0 Å². The van der Waals surface area contributed by atoms with Crippen LogP contribution in [-0.4, -0.2) is 23.5 Å². The standard InChI is InChI=1S/C19H17F3N4O3S/c1-18(2)14(10-3-6-12(7-4-10)30(23,27)28)15(18)17-25-16(26-29-17)11-5-8-13(24-9-11)19(20,21)22/h3-9,14-15H,1-2H3,(H2,23,27,28)/t14-,15+/m0/s1. The van der Waals surface area contributed by atoms with Crippen molar-refractivity contribution >= 4 is 10.0 Å². The molecule has 2 aromatic heterocycles. The molecule has 2 atom stereocenters. The maximum absolute atomic E-state index is 12.7. The van der Waals surface area contributed by atoms with Crippen molar-refractivity contribution in [1.29, 1.82) is 0 Å². The van der Waals surface area contributed by atoms with Gasteiger partial charge in [0.05, 0.1) is 10.8 Å². The van der Waals surface area contributed by atoms with Crippen LogP contribution in [0.25, 0.3) is 11.4 Å². The number of benzene rings is 1. The van der Waals surface area contributed by atoms with Gasteiger partial charge in [0.2, 0.25) is 21.7 Å². The molecule has 0 radical (unpaired) electrons. The monoisotopic (exact) mass is 438 g/mol. The molecule has 0 aliphatic heterocycles. The number of rotatable bonds is 4. The largest absolute Gasteiger partial charge is 0.433 e. The molecular weight excluding hydrogens is 421 g/mol. The second-order valence-electron chi connectivity index (χ2n) is 7.78. The molecule has 2 heterocycles. The highest BCUT2D eigenvalue weighted by atomic mass is 32.2. The van der Waals surface area contributed by atoms with Gasteiger partial charge in [0, 0.05) is 17.7 Å². The van der Waals surface area contributed by atoms with Gasteiger partial charge in [0.15, 0.2) is 0 Å². The van der Waals surface area contributed by atoms with Gasteiger partial charge >= 0.3 is 6.18 Å². The molecule has 0 bridgehead atoms. The van der Waals surface area contributed by atoms with E-state index in [2.05, 4.69) is 15.1 Å². The van der Waals surface area contributed by atoms with Crippen LogP contribution >= 0.6 is 0 Å². The molecule has 1 aromatic carbocycles. The zero-order chi connectivity index (χ0) is 21.9. The molecule has 3 aromatic rings. The minimum Gasteiger partial charge on any atom is -0.339 e. The first-order valence-corrected chi connectivity index (χ1v) is 10.4. The summed E-state index contributed by atoms with van der Waals surface area (Å²) in [6, 6.07) is 8.40. The van der Waals surface area contributed by atoms with Crippen molar-refractivity contribution in [3.05, 3.63) is 59.7 Å². The molecule has 158 valence electrons. The van der Waals surface area contributed by atoms with Crippen LogP contribution < -0.4 is 5.14 Å². The first-order valence-electron chi connectivity index (χ1n) is 8.89. The summed E-state index contributed by atoms with van der Waals surface area (Å²) >= 11 is 0. The molecule has 1 saturated carbocycles. The Bertz CT molecular complexity index is 1190. The van der Waals surface area contributed by atoms with Gasteiger partial charge in [-0.2, -0.15) is 18.2 Å². The van der Waals surface area contributed by atoms with Crippen molar-refractivity contribution < 1.29 is 26.1 Å². The Balaban J connectivity index is 1.57. The van der Waals surface area contributed by atoms with E-state index in [1.807, 2.05) is 13.8 Å². The van der Waals surface area contributed by atoms with E-state index in [1.54, 1.807) is 12.1 Å². The second kappa shape index (κ2) is 6.61. The van der Waals surface area contributed by atoms with Gasteiger partial charge < -0.3 is 4.52 Å². The van der Waals surface area contributed by atoms with E-state index in [0.29, 0.717) is 11.5 Å². The summed E-state index contributed by atoms with van der Waals surface area (Å²) < 4.78 is 66.2. The summed E-state index contributed by atoms with van der Waals surface area (Å²) in [5.41, 5.74) is -0.0224. The predicted molar refractivity (Wildman–Crippen MR) is 99.6 cm³/mol. The van der Waals surface area contributed by atoms with E-state index >= 15 is 0 Å². The van der Waals surface area contributed by atoms with E-state index in [4.69, 9.17) is 9.66 Å². The summed E-state index contributed by atoms with van der Waals surface area (Å²) in [6.45, 7) is 4.03. The number of hydrogen-bond acceptors (Lipinski definition) is 6. The number of alkyl halides is 3. The fourth-order valence-corrected chi connectivity index (χ4v) is 4.27. The number of halogens is 3. The van der Waals surface area contributed by atoms with Crippen LogP contribution in [0.1, 0.15) is 42.8 Å². The fourth-order valence-electron chi connectivity index (χ4n) is 3.76. The summed E-state index contributed by atoms with van der Waals surface area (Å²) in [4.78, 5) is 7.78. The Morgan fingerprint density at radius 1 is 1.07 bits per heavy atom. The van der Waals surface area contributed by atoms with Crippen molar-refractivity contribution in [2.24, 2.45) is 10.6 Å². The lowest BCUT2D eigenvalue weighted by atomic mass is 10.0. The third-order valence-corrected chi connectivity index (χ3v) is 6.34. The molecule has 1 aliphatic rings. The third-order valence-electron chi connectivity index (χ3n) is 5.42. The lowest BCUT2D eigenvalue weighted by Gasteiger charge is -2.04. The van der Waals surface area contributed by atoms with Gasteiger partial charge in [0.25, 0.3) is 0 Å². The molecule has 0 unspecified atom stereocenters. The van der Waals surface area contributed by atoms with Gasteiger partial charge in [-0.25, -0.2) is 13.6 Å². The Labute approximate surface area is 170 Å². The molecule has 4 rings (SSSR count). The number of nitrogens with two attached hydrogens (primary N) is 1. The predicted octanol–water partition coefficient (Wildman–Crippen LogP) is 3.71. The van der Waals surface area contributed by atoms with Crippen molar-refractivity contribution in [3.8, 4) is 11.4 Å². The topological polar surface area (TPSA) is 112 Å². The molecule has 1 aliphatic carbocycles. The highest BCUT2D eigenvalue weighted by molar-refractivity contribution is 7.89. The second-order valence-corrected chi connectivity index (χ2v) is 9.34. The average Bonchev–Trinajstić information content (AvgIpc) is 3.01. The number of hydrogen-bond donors (Lipinski definition) is 1. The number of nitrogens with zero attached hydrogens (tertiary/aromatic N) is 3. The van der Waals surface area contributed by atoms with Crippen LogP contribution in [0.5, 0.6) is 0 Å². The molecular formula is C19H17F3N4O3S. The van der Waals surface area contributed by atoms with Crippen LogP contribution in [0, 0.1) is 5.41 Å². The normalized spacial score (nSPS) is 20.9. The quantitative estimate of drug-likeness (QED) is 0.665. The number of primary sulfonamides is 1. The molecule has 30 heavy (non-hydrogen) atoms. The number of aromatic nitrogens is 3. The van der Waals surface area contributed by atoms with E-state index in [1.165, 1.54) is 18.2 Å². The van der Waals surface area contributed by atoms with Gasteiger partial charge in [0.1, 0.15) is 5.69 Å². The number of pyridine rings is 1. The van der Waals surface area contributed by atoms with Gasteiger partial charge in [-0.3, -0.25) is 4.98 Å². The Morgan fingerprint density at radius 3 is 2.27 bits per heavy atom. The molecule has 0 amide bonds. The lowest BCUT2D eigenvalue weighted by Crippen LogP contribution is -2.11. The Hall–Kier alpha value is -2.79. The first-order chi connectivity index (χ1) is 13.9. The zero-order valence-corrected chi connectivity index (χ0v) is 16.7. The van der Waals surface area contributed by atoms with E-state index < -0.39 is 21.9 Å². The van der Waals surface area contributed by atoms with Crippen LogP contribution in [0.4, 0.5) is 13.2 Å². The summed E-state index contributed by atoms with van der Waals surface area (Å²) in [7, 11) is -3.78. The molecule has 11 heteroatoms. The molecule has 2 N–H and O–H groups in total. The third kappa shape index (κ3) is 3.58. The molecule has 7 nitrogen and oxygen atoms in total. The van der Waals surface area contributed by atoms with Gasteiger partial charge in [-0.1, -0.05) is 31.1 Å². The van der Waals surface area contributed by atoms with Crippen LogP contribution in [-0.2, 0) is 16.2 Å². The minimum absolute atomic E-state index is 0.00561. The Kier molecular flexibility index (Phi) is 4.51. The molecule has 1 fully saturated rings. The van der Waals surface area contributed by atoms with E-state index in [9.17, 15) is 21.6 Å². The minimum atomic E-state index is -4.52. The number of sulfonamides is 1. The highest BCUT2D eigenvalue weighted by Gasteiger charge is 2.62. The maximum Gasteiger partial charge on any atom is 0.433 e. The van der Waals surface area contributed by atoms with Crippen LogP contribution in [0.2, 0.25) is 0 Å². The van der Waals surface area contributed by atoms with Crippen molar-refractivity contribution in [1.82, 2.24) is 15.1 Å². The summed E-state index contributed by atoms with van der Waals surface area (Å²) in [5, 5.41) is 9.01. The smallest absolute Gasteiger partial charge is 0.339 e. The first kappa shape index (κ1) is 20.5. The van der Waals surface area contributed by atoms with Gasteiger partial charge in [-0.05, 0) is 35.2 Å². The summed E-state index contributed by atoms with van der Waals surface area (Å²) in [6.07, 6.45) is -3.47. The molecule has 0 spiro atoms. The maximum atomic E-state index is 12.7. The highest BCUT2D eigenvalue weighted by Crippen LogP contribution is 2.69. The van der Waals surface area contributed by atoms with E-state index in [0.717, 1.165) is 17.8 Å². The average molecular weight is 438 g/mol. The molecule has 0 saturated heterocycles. The fraction of sp³-hybridized carbons (Fsp3) is 0.316. The SMILES string of the molecule is CC1(C)[C@@H](c2ccc(S(N)(=O)=O)cc2)[C@@H]1c1nc(-c2ccc(C(F)(F)F)nc2)no1. The zero-order valence-electron chi connectivity index (χ0n) is 15.9. The van der Waals surface area contributed by atoms with E-state index in [-0.39, 0.29) is 28.0 Å². The van der Waals surface area contributed by atoms with Gasteiger partial charge in [-0.15, -0.1) is 0 Å². The van der Waals surface area contributed by atoms with Crippen molar-refractivity contribution in [2.45, 2.75) is 36.8 Å².